The van der Waals surface area contributed by atoms with Gasteiger partial charge in [0.25, 0.3) is 0 Å². The zero-order valence-electron chi connectivity index (χ0n) is 9.78. The second-order valence-corrected chi connectivity index (χ2v) is 4.52. The fraction of sp³-hybridized carbons (Fsp3) is 0.583. The maximum atomic E-state index is 12.7. The summed E-state index contributed by atoms with van der Waals surface area (Å²) in [6.07, 6.45) is -0.345. The number of rotatable bonds is 2. The quantitative estimate of drug-likeness (QED) is 0.889. The van der Waals surface area contributed by atoms with Crippen LogP contribution in [0.25, 0.3) is 0 Å². The SMILES string of the molecule is NC1CCCC(Oc2ncccc2C(F)(F)F)C1. The lowest BCUT2D eigenvalue weighted by Crippen LogP contribution is -2.34. The summed E-state index contributed by atoms with van der Waals surface area (Å²) in [4.78, 5) is 3.68. The molecule has 1 aliphatic carbocycles. The van der Waals surface area contributed by atoms with Crippen molar-refractivity contribution in [3.05, 3.63) is 23.9 Å². The highest BCUT2D eigenvalue weighted by Gasteiger charge is 2.36. The standard InChI is InChI=1S/C12H15F3N2O/c13-12(14,15)10-5-2-6-17-11(10)18-9-4-1-3-8(16)7-9/h2,5-6,8-9H,1,3-4,7,16H2. The second kappa shape index (κ2) is 5.14. The monoisotopic (exact) mass is 260 g/mol. The van der Waals surface area contributed by atoms with E-state index in [9.17, 15) is 13.2 Å². The van der Waals surface area contributed by atoms with Crippen LogP contribution in [-0.4, -0.2) is 17.1 Å². The summed E-state index contributed by atoms with van der Waals surface area (Å²) in [5, 5.41) is 0. The van der Waals surface area contributed by atoms with Crippen molar-refractivity contribution in [3.8, 4) is 5.88 Å². The van der Waals surface area contributed by atoms with Crippen LogP contribution in [-0.2, 0) is 6.18 Å². The van der Waals surface area contributed by atoms with Crippen LogP contribution < -0.4 is 10.5 Å². The van der Waals surface area contributed by atoms with Crippen molar-refractivity contribution in [2.24, 2.45) is 5.73 Å². The number of pyridine rings is 1. The van der Waals surface area contributed by atoms with Crippen LogP contribution in [0.5, 0.6) is 5.88 Å². The molecule has 3 nitrogen and oxygen atoms in total. The largest absolute Gasteiger partial charge is 0.474 e. The molecule has 6 heteroatoms. The summed E-state index contributed by atoms with van der Waals surface area (Å²) in [6.45, 7) is 0. The van der Waals surface area contributed by atoms with Crippen molar-refractivity contribution in [1.82, 2.24) is 4.98 Å². The zero-order chi connectivity index (χ0) is 13.2. The molecule has 1 saturated carbocycles. The van der Waals surface area contributed by atoms with Crippen molar-refractivity contribution >= 4 is 0 Å². The van der Waals surface area contributed by atoms with Crippen molar-refractivity contribution in [1.29, 1.82) is 0 Å². The topological polar surface area (TPSA) is 48.1 Å². The predicted molar refractivity (Wildman–Crippen MR) is 60.1 cm³/mol. The Morgan fingerprint density at radius 1 is 1.33 bits per heavy atom. The number of nitrogens with two attached hydrogens (primary N) is 1. The second-order valence-electron chi connectivity index (χ2n) is 4.52. The normalized spacial score (nSPS) is 24.9. The number of alkyl halides is 3. The molecule has 1 aromatic heterocycles. The third-order valence-corrected chi connectivity index (χ3v) is 3.02. The van der Waals surface area contributed by atoms with Crippen LogP contribution in [0.3, 0.4) is 0 Å². The van der Waals surface area contributed by atoms with Gasteiger partial charge >= 0.3 is 6.18 Å². The number of aromatic nitrogens is 1. The smallest absolute Gasteiger partial charge is 0.421 e. The van der Waals surface area contributed by atoms with E-state index in [4.69, 9.17) is 10.5 Å². The molecule has 2 atom stereocenters. The van der Waals surface area contributed by atoms with Gasteiger partial charge in [-0.05, 0) is 37.8 Å². The molecule has 0 saturated heterocycles. The third-order valence-electron chi connectivity index (χ3n) is 3.02. The zero-order valence-corrected chi connectivity index (χ0v) is 9.78. The van der Waals surface area contributed by atoms with Crippen LogP contribution in [0.15, 0.2) is 18.3 Å². The minimum atomic E-state index is -4.44. The first kappa shape index (κ1) is 13.1. The van der Waals surface area contributed by atoms with Crippen molar-refractivity contribution in [2.75, 3.05) is 0 Å². The lowest BCUT2D eigenvalue weighted by Gasteiger charge is -2.27. The minimum Gasteiger partial charge on any atom is -0.474 e. The molecule has 0 radical (unpaired) electrons. The van der Waals surface area contributed by atoms with Gasteiger partial charge < -0.3 is 10.5 Å². The number of nitrogens with zero attached hydrogens (tertiary/aromatic N) is 1. The number of ether oxygens (including phenoxy) is 1. The van der Waals surface area contributed by atoms with Crippen LogP contribution in [0, 0.1) is 0 Å². The van der Waals surface area contributed by atoms with Gasteiger partial charge in [0.1, 0.15) is 11.7 Å². The molecule has 1 aromatic rings. The van der Waals surface area contributed by atoms with Crippen LogP contribution in [0.4, 0.5) is 13.2 Å². The average molecular weight is 260 g/mol. The van der Waals surface area contributed by atoms with Gasteiger partial charge in [0, 0.05) is 12.2 Å². The molecule has 0 bridgehead atoms. The summed E-state index contributed by atoms with van der Waals surface area (Å²) >= 11 is 0. The highest BCUT2D eigenvalue weighted by Crippen LogP contribution is 2.35. The van der Waals surface area contributed by atoms with E-state index in [-0.39, 0.29) is 18.0 Å². The van der Waals surface area contributed by atoms with E-state index in [2.05, 4.69) is 4.98 Å². The van der Waals surface area contributed by atoms with E-state index < -0.39 is 11.7 Å². The lowest BCUT2D eigenvalue weighted by atomic mass is 9.93. The van der Waals surface area contributed by atoms with E-state index >= 15 is 0 Å². The molecule has 0 aliphatic heterocycles. The van der Waals surface area contributed by atoms with Crippen LogP contribution in [0.1, 0.15) is 31.2 Å². The third kappa shape index (κ3) is 3.13. The van der Waals surface area contributed by atoms with Crippen molar-refractivity contribution < 1.29 is 17.9 Å². The molecule has 0 spiro atoms. The first-order valence-corrected chi connectivity index (χ1v) is 5.91. The number of hydrogen-bond donors (Lipinski definition) is 1. The summed E-state index contributed by atoms with van der Waals surface area (Å²) < 4.78 is 43.6. The molecule has 1 aliphatic rings. The average Bonchev–Trinajstić information content (AvgIpc) is 2.28. The molecule has 2 N–H and O–H groups in total. The summed E-state index contributed by atoms with van der Waals surface area (Å²) in [5.41, 5.74) is 4.95. The molecule has 100 valence electrons. The summed E-state index contributed by atoms with van der Waals surface area (Å²) in [6, 6.07) is 2.23. The summed E-state index contributed by atoms with van der Waals surface area (Å²) in [7, 11) is 0. The van der Waals surface area contributed by atoms with Gasteiger partial charge in [0.05, 0.1) is 0 Å². The molecular weight excluding hydrogens is 245 g/mol. The Hall–Kier alpha value is -1.30. The van der Waals surface area contributed by atoms with E-state index in [1.165, 1.54) is 12.3 Å². The Morgan fingerprint density at radius 2 is 2.11 bits per heavy atom. The first-order valence-electron chi connectivity index (χ1n) is 5.91. The predicted octanol–water partition coefficient (Wildman–Crippen LogP) is 2.75. The van der Waals surface area contributed by atoms with E-state index in [1.54, 1.807) is 0 Å². The molecule has 2 unspecified atom stereocenters. The van der Waals surface area contributed by atoms with Gasteiger partial charge in [-0.25, -0.2) is 4.98 Å². The Morgan fingerprint density at radius 3 is 2.78 bits per heavy atom. The van der Waals surface area contributed by atoms with Gasteiger partial charge in [-0.3, -0.25) is 0 Å². The highest BCUT2D eigenvalue weighted by molar-refractivity contribution is 5.28. The molecule has 1 fully saturated rings. The van der Waals surface area contributed by atoms with Crippen LogP contribution >= 0.6 is 0 Å². The Labute approximate surface area is 103 Å². The molecule has 1 heterocycles. The summed E-state index contributed by atoms with van der Waals surface area (Å²) in [5.74, 6) is -0.343. The molecule has 0 amide bonds. The molecule has 18 heavy (non-hydrogen) atoms. The van der Waals surface area contributed by atoms with E-state index in [0.29, 0.717) is 6.42 Å². The Bertz CT molecular complexity index is 409. The van der Waals surface area contributed by atoms with Crippen molar-refractivity contribution in [2.45, 2.75) is 44.0 Å². The van der Waals surface area contributed by atoms with Gasteiger partial charge in [-0.2, -0.15) is 13.2 Å². The molecule has 2 rings (SSSR count). The van der Waals surface area contributed by atoms with Gasteiger partial charge in [-0.1, -0.05) is 0 Å². The first-order chi connectivity index (χ1) is 8.47. The Balaban J connectivity index is 2.13. The lowest BCUT2D eigenvalue weighted by molar-refractivity contribution is -0.139. The Kier molecular flexibility index (Phi) is 3.75. The fourth-order valence-corrected chi connectivity index (χ4v) is 2.15. The van der Waals surface area contributed by atoms with E-state index in [1.807, 2.05) is 0 Å². The van der Waals surface area contributed by atoms with Crippen molar-refractivity contribution in [3.63, 3.8) is 0 Å². The van der Waals surface area contributed by atoms with E-state index in [0.717, 1.165) is 25.3 Å². The number of hydrogen-bond acceptors (Lipinski definition) is 3. The molecular formula is C12H15F3N2O. The van der Waals surface area contributed by atoms with Gasteiger partial charge in [0.15, 0.2) is 0 Å². The maximum Gasteiger partial charge on any atom is 0.421 e. The number of halogens is 3. The van der Waals surface area contributed by atoms with Gasteiger partial charge in [0.2, 0.25) is 5.88 Å². The maximum absolute atomic E-state index is 12.7. The van der Waals surface area contributed by atoms with Crippen LogP contribution in [0.2, 0.25) is 0 Å². The molecule has 0 aromatic carbocycles. The fourth-order valence-electron chi connectivity index (χ4n) is 2.15. The minimum absolute atomic E-state index is 0.00167. The van der Waals surface area contributed by atoms with Gasteiger partial charge in [-0.15, -0.1) is 0 Å². The highest BCUT2D eigenvalue weighted by atomic mass is 19.4.